The van der Waals surface area contributed by atoms with Crippen LogP contribution in [0.1, 0.15) is 36.6 Å². The molecule has 2 aliphatic rings. The van der Waals surface area contributed by atoms with E-state index in [9.17, 15) is 9.59 Å². The van der Waals surface area contributed by atoms with Gasteiger partial charge in [0.05, 0.1) is 44.4 Å². The van der Waals surface area contributed by atoms with Crippen molar-refractivity contribution in [2.45, 2.75) is 37.6 Å². The van der Waals surface area contributed by atoms with Gasteiger partial charge in [-0.1, -0.05) is 72.8 Å². The first-order chi connectivity index (χ1) is 17.0. The van der Waals surface area contributed by atoms with Gasteiger partial charge in [0, 0.05) is 11.8 Å². The number of nitrogens with zero attached hydrogens (tertiary/aromatic N) is 3. The standard InChI is InChI=1S/C28H33N3O4/c1-5-35-24(32)18-23-17-16-22(19-31(23)28(33)34-4)27-29(2)25(20-12-8-6-9-13-20)26(30(27)3)21-14-10-7-11-15-21/h6-17,19,23,25-27H,5,18H2,1-4H3/t23?,25-,26-/m0/s1. The summed E-state index contributed by atoms with van der Waals surface area (Å²) < 4.78 is 10.1. The molecule has 0 N–H and O–H groups in total. The zero-order valence-corrected chi connectivity index (χ0v) is 20.7. The fraction of sp³-hybridized carbons (Fsp3) is 0.357. The fourth-order valence-electron chi connectivity index (χ4n) is 5.26. The molecular formula is C28H33N3O4. The minimum absolute atomic E-state index is 0.0683. The predicted octanol–water partition coefficient (Wildman–Crippen LogP) is 4.52. The molecular weight excluding hydrogens is 442 g/mol. The molecule has 0 spiro atoms. The molecule has 0 aliphatic carbocycles. The van der Waals surface area contributed by atoms with Gasteiger partial charge in [-0.15, -0.1) is 0 Å². The first-order valence-electron chi connectivity index (χ1n) is 11.9. The highest BCUT2D eigenvalue weighted by Crippen LogP contribution is 2.47. The second kappa shape index (κ2) is 10.9. The Bertz CT molecular complexity index is 1030. The lowest BCUT2D eigenvalue weighted by atomic mass is 9.93. The van der Waals surface area contributed by atoms with Crippen LogP contribution < -0.4 is 0 Å². The SMILES string of the molecule is CCOC(=O)CC1C=CC(C2N(C)[C@@H](c3ccccc3)[C@H](c3ccccc3)N2C)=CN1C(=O)OC. The molecule has 35 heavy (non-hydrogen) atoms. The van der Waals surface area contributed by atoms with E-state index in [1.54, 1.807) is 6.92 Å². The van der Waals surface area contributed by atoms with Gasteiger partial charge in [0.15, 0.2) is 0 Å². The van der Waals surface area contributed by atoms with Crippen molar-refractivity contribution in [3.63, 3.8) is 0 Å². The van der Waals surface area contributed by atoms with Gasteiger partial charge < -0.3 is 9.47 Å². The highest BCUT2D eigenvalue weighted by Gasteiger charge is 2.46. The maximum Gasteiger partial charge on any atom is 0.414 e. The largest absolute Gasteiger partial charge is 0.466 e. The number of carbonyl (C=O) groups excluding carboxylic acids is 2. The molecule has 1 amide bonds. The zero-order chi connectivity index (χ0) is 24.9. The molecule has 0 radical (unpaired) electrons. The van der Waals surface area contributed by atoms with E-state index in [-0.39, 0.29) is 30.6 Å². The number of esters is 1. The molecule has 4 rings (SSSR count). The minimum atomic E-state index is -0.510. The Morgan fingerprint density at radius 2 is 1.43 bits per heavy atom. The van der Waals surface area contributed by atoms with Gasteiger partial charge in [0.2, 0.25) is 0 Å². The second-order valence-corrected chi connectivity index (χ2v) is 8.86. The van der Waals surface area contributed by atoms with E-state index >= 15 is 0 Å². The molecule has 0 aromatic heterocycles. The third-order valence-electron chi connectivity index (χ3n) is 6.75. The van der Waals surface area contributed by atoms with E-state index in [4.69, 9.17) is 9.47 Å². The quantitative estimate of drug-likeness (QED) is 0.573. The van der Waals surface area contributed by atoms with Crippen LogP contribution in [-0.2, 0) is 14.3 Å². The molecule has 2 aliphatic heterocycles. The number of benzene rings is 2. The van der Waals surface area contributed by atoms with Crippen molar-refractivity contribution in [2.75, 3.05) is 27.8 Å². The number of amides is 1. The van der Waals surface area contributed by atoms with Crippen molar-refractivity contribution >= 4 is 12.1 Å². The summed E-state index contributed by atoms with van der Waals surface area (Å²) in [6.07, 6.45) is 5.16. The number of hydrogen-bond acceptors (Lipinski definition) is 6. The maximum absolute atomic E-state index is 12.7. The Kier molecular flexibility index (Phi) is 7.68. The first-order valence-corrected chi connectivity index (χ1v) is 11.9. The summed E-state index contributed by atoms with van der Waals surface area (Å²) in [4.78, 5) is 31.0. The van der Waals surface area contributed by atoms with Crippen molar-refractivity contribution in [3.05, 3.63) is 95.7 Å². The van der Waals surface area contributed by atoms with Crippen LogP contribution >= 0.6 is 0 Å². The summed E-state index contributed by atoms with van der Waals surface area (Å²) in [5, 5.41) is 0. The summed E-state index contributed by atoms with van der Waals surface area (Å²) in [5.41, 5.74) is 3.40. The van der Waals surface area contributed by atoms with E-state index in [1.165, 1.54) is 23.1 Å². The average molecular weight is 476 g/mol. The summed E-state index contributed by atoms with van der Waals surface area (Å²) in [5.74, 6) is -0.351. The Morgan fingerprint density at radius 1 is 0.886 bits per heavy atom. The summed E-state index contributed by atoms with van der Waals surface area (Å²) in [6.45, 7) is 2.07. The monoisotopic (exact) mass is 475 g/mol. The molecule has 2 aromatic rings. The molecule has 2 aromatic carbocycles. The number of hydrogen-bond donors (Lipinski definition) is 0. The van der Waals surface area contributed by atoms with Crippen LogP contribution in [-0.4, -0.2) is 66.8 Å². The number of likely N-dealkylation sites (N-methyl/N-ethyl adjacent to an activating group) is 2. The van der Waals surface area contributed by atoms with Crippen molar-refractivity contribution < 1.29 is 19.1 Å². The highest BCUT2D eigenvalue weighted by molar-refractivity contribution is 5.75. The van der Waals surface area contributed by atoms with Crippen LogP contribution in [0.15, 0.2) is 84.6 Å². The third kappa shape index (κ3) is 5.01. The molecule has 2 heterocycles. The van der Waals surface area contributed by atoms with Gasteiger partial charge in [-0.25, -0.2) is 4.79 Å². The molecule has 0 bridgehead atoms. The Balaban J connectivity index is 1.70. The van der Waals surface area contributed by atoms with Gasteiger partial charge in [0.1, 0.15) is 0 Å². The van der Waals surface area contributed by atoms with Crippen LogP contribution in [0, 0.1) is 0 Å². The molecule has 1 fully saturated rings. The van der Waals surface area contributed by atoms with Crippen molar-refractivity contribution in [1.82, 2.24) is 14.7 Å². The van der Waals surface area contributed by atoms with Crippen LogP contribution in [0.25, 0.3) is 0 Å². The molecule has 1 saturated heterocycles. The van der Waals surface area contributed by atoms with Gasteiger partial charge in [0.25, 0.3) is 0 Å². The maximum atomic E-state index is 12.7. The summed E-state index contributed by atoms with van der Waals surface area (Å²) in [7, 11) is 5.58. The zero-order valence-electron chi connectivity index (χ0n) is 20.7. The number of rotatable bonds is 6. The fourth-order valence-corrected chi connectivity index (χ4v) is 5.26. The van der Waals surface area contributed by atoms with Crippen LogP contribution in [0.4, 0.5) is 4.79 Å². The highest BCUT2D eigenvalue weighted by atomic mass is 16.5. The van der Waals surface area contributed by atoms with E-state index in [1.807, 2.05) is 30.5 Å². The van der Waals surface area contributed by atoms with E-state index in [0.29, 0.717) is 6.61 Å². The van der Waals surface area contributed by atoms with Gasteiger partial charge in [-0.05, 0) is 32.1 Å². The Hall–Kier alpha value is -3.42. The molecule has 7 nitrogen and oxygen atoms in total. The predicted molar refractivity (Wildman–Crippen MR) is 134 cm³/mol. The van der Waals surface area contributed by atoms with Crippen molar-refractivity contribution in [1.29, 1.82) is 0 Å². The van der Waals surface area contributed by atoms with Gasteiger partial charge >= 0.3 is 12.1 Å². The molecule has 1 unspecified atom stereocenters. The molecule has 3 atom stereocenters. The Morgan fingerprint density at radius 3 is 1.91 bits per heavy atom. The number of methoxy groups -OCH3 is 1. The normalized spacial score (nSPS) is 23.3. The molecule has 0 saturated carbocycles. The lowest BCUT2D eigenvalue weighted by Gasteiger charge is -2.34. The van der Waals surface area contributed by atoms with Crippen LogP contribution in [0.5, 0.6) is 0 Å². The number of ether oxygens (including phenoxy) is 2. The topological polar surface area (TPSA) is 62.3 Å². The smallest absolute Gasteiger partial charge is 0.414 e. The first kappa shape index (κ1) is 24.7. The number of carbonyl (C=O) groups is 2. The van der Waals surface area contributed by atoms with E-state index in [2.05, 4.69) is 72.4 Å². The van der Waals surface area contributed by atoms with Gasteiger partial charge in [-0.3, -0.25) is 19.5 Å². The van der Waals surface area contributed by atoms with Crippen LogP contribution in [0.2, 0.25) is 0 Å². The van der Waals surface area contributed by atoms with E-state index in [0.717, 1.165) is 5.57 Å². The van der Waals surface area contributed by atoms with Gasteiger partial charge in [-0.2, -0.15) is 0 Å². The molecule has 184 valence electrons. The lowest BCUT2D eigenvalue weighted by molar-refractivity contribution is -0.143. The second-order valence-electron chi connectivity index (χ2n) is 8.86. The van der Waals surface area contributed by atoms with Crippen LogP contribution in [0.3, 0.4) is 0 Å². The summed E-state index contributed by atoms with van der Waals surface area (Å²) in [6, 6.07) is 20.7. The minimum Gasteiger partial charge on any atom is -0.466 e. The Labute approximate surface area is 207 Å². The van der Waals surface area contributed by atoms with Crippen molar-refractivity contribution in [2.24, 2.45) is 0 Å². The summed E-state index contributed by atoms with van der Waals surface area (Å²) >= 11 is 0. The third-order valence-corrected chi connectivity index (χ3v) is 6.75. The lowest BCUT2D eigenvalue weighted by Crippen LogP contribution is -2.42. The van der Waals surface area contributed by atoms with Crippen molar-refractivity contribution in [3.8, 4) is 0 Å². The van der Waals surface area contributed by atoms with E-state index < -0.39 is 12.1 Å². The average Bonchev–Trinajstić information content (AvgIpc) is 3.14. The molecule has 7 heteroatoms.